The summed E-state index contributed by atoms with van der Waals surface area (Å²) in [6.45, 7) is 1.62. The summed E-state index contributed by atoms with van der Waals surface area (Å²) < 4.78 is 14.4. The molecule has 0 bridgehead atoms. The Hall–Kier alpha value is -4.04. The summed E-state index contributed by atoms with van der Waals surface area (Å²) in [5.41, 5.74) is 10.0. The summed E-state index contributed by atoms with van der Waals surface area (Å²) in [6, 6.07) is 16.3. The van der Waals surface area contributed by atoms with Crippen LogP contribution >= 0.6 is 0 Å². The van der Waals surface area contributed by atoms with Crippen LogP contribution in [0.25, 0.3) is 33.3 Å². The zero-order chi connectivity index (χ0) is 22.9. The molecule has 0 radical (unpaired) electrons. The predicted octanol–water partition coefficient (Wildman–Crippen LogP) is 3.86. The Morgan fingerprint density at radius 3 is 2.76 bits per heavy atom. The third kappa shape index (κ3) is 4.08. The summed E-state index contributed by atoms with van der Waals surface area (Å²) in [5, 5.41) is 0.183. The van der Waals surface area contributed by atoms with E-state index in [0.29, 0.717) is 16.9 Å². The fourth-order valence-electron chi connectivity index (χ4n) is 4.08. The van der Waals surface area contributed by atoms with Gasteiger partial charge in [-0.05, 0) is 49.0 Å². The van der Waals surface area contributed by atoms with E-state index in [2.05, 4.69) is 31.9 Å². The molecule has 4 N–H and O–H groups in total. The molecule has 0 spiro atoms. The van der Waals surface area contributed by atoms with Crippen molar-refractivity contribution in [2.45, 2.75) is 13.0 Å². The minimum atomic E-state index is -0.491. The fourth-order valence-corrected chi connectivity index (χ4v) is 4.08. The fraction of sp³-hybridized carbons (Fsp3) is 0.160. The Kier molecular flexibility index (Phi) is 5.35. The van der Waals surface area contributed by atoms with E-state index in [-0.39, 0.29) is 16.6 Å². The summed E-state index contributed by atoms with van der Waals surface area (Å²) in [5.74, 6) is -0.177. The lowest BCUT2D eigenvalue weighted by Crippen LogP contribution is -2.21. The molecule has 8 heteroatoms. The summed E-state index contributed by atoms with van der Waals surface area (Å²) in [7, 11) is 2.06. The van der Waals surface area contributed by atoms with Gasteiger partial charge >= 0.3 is 0 Å². The van der Waals surface area contributed by atoms with Gasteiger partial charge in [-0.3, -0.25) is 9.78 Å². The molecule has 5 aromatic rings. The molecule has 3 aromatic heterocycles. The molecule has 7 nitrogen and oxygen atoms in total. The number of likely N-dealkylation sites (N-methyl/N-ethyl adjacent to an activating group) is 1. The third-order valence-electron chi connectivity index (χ3n) is 5.74. The van der Waals surface area contributed by atoms with E-state index in [9.17, 15) is 9.18 Å². The SMILES string of the molecule is CN(CCc1ccccn1)Cc1ccc2nc(-c3c(N)c4c(F)cccc4[nH]c3=O)[nH]c2c1. The molecule has 0 amide bonds. The number of aromatic nitrogens is 4. The topological polar surface area (TPSA) is 104 Å². The van der Waals surface area contributed by atoms with Gasteiger partial charge in [-0.2, -0.15) is 0 Å². The molecule has 0 atom stereocenters. The number of nitrogens with two attached hydrogens (primary N) is 1. The van der Waals surface area contributed by atoms with Crippen molar-refractivity contribution < 1.29 is 4.39 Å². The highest BCUT2D eigenvalue weighted by Crippen LogP contribution is 2.30. The highest BCUT2D eigenvalue weighted by atomic mass is 19.1. The van der Waals surface area contributed by atoms with Gasteiger partial charge in [0.2, 0.25) is 0 Å². The number of H-pyrrole nitrogens is 2. The van der Waals surface area contributed by atoms with Gasteiger partial charge < -0.3 is 20.6 Å². The number of fused-ring (bicyclic) bond motifs is 2. The molecule has 5 rings (SSSR count). The second-order valence-electron chi connectivity index (χ2n) is 8.15. The van der Waals surface area contributed by atoms with Crippen LogP contribution in [0.15, 0.2) is 65.6 Å². The lowest BCUT2D eigenvalue weighted by Gasteiger charge is -2.16. The van der Waals surface area contributed by atoms with Crippen molar-refractivity contribution in [3.8, 4) is 11.4 Å². The minimum Gasteiger partial charge on any atom is -0.397 e. The van der Waals surface area contributed by atoms with E-state index < -0.39 is 11.4 Å². The molecular weight excluding hydrogens is 419 g/mol. The molecule has 0 unspecified atom stereocenters. The normalized spacial score (nSPS) is 11.6. The number of aromatic amines is 2. The van der Waals surface area contributed by atoms with E-state index in [1.165, 1.54) is 12.1 Å². The average molecular weight is 442 g/mol. The van der Waals surface area contributed by atoms with Crippen LogP contribution in [-0.4, -0.2) is 38.4 Å². The zero-order valence-electron chi connectivity index (χ0n) is 18.1. The van der Waals surface area contributed by atoms with Crippen molar-refractivity contribution in [2.24, 2.45) is 0 Å². The number of hydrogen-bond acceptors (Lipinski definition) is 5. The molecule has 33 heavy (non-hydrogen) atoms. The van der Waals surface area contributed by atoms with Gasteiger partial charge in [0.25, 0.3) is 5.56 Å². The van der Waals surface area contributed by atoms with Crippen molar-refractivity contribution in [3.05, 3.63) is 88.2 Å². The number of imidazole rings is 1. The van der Waals surface area contributed by atoms with Crippen LogP contribution in [0.3, 0.4) is 0 Å². The van der Waals surface area contributed by atoms with Crippen LogP contribution in [0.1, 0.15) is 11.3 Å². The summed E-state index contributed by atoms with van der Waals surface area (Å²) in [4.78, 5) is 29.7. The summed E-state index contributed by atoms with van der Waals surface area (Å²) in [6.07, 6.45) is 2.68. The Morgan fingerprint density at radius 1 is 1.06 bits per heavy atom. The number of pyridine rings is 2. The highest BCUT2D eigenvalue weighted by molar-refractivity contribution is 5.98. The average Bonchev–Trinajstić information content (AvgIpc) is 3.21. The quantitative estimate of drug-likeness (QED) is 0.370. The summed E-state index contributed by atoms with van der Waals surface area (Å²) >= 11 is 0. The first kappa shape index (κ1) is 20.8. The smallest absolute Gasteiger partial charge is 0.261 e. The van der Waals surface area contributed by atoms with Gasteiger partial charge in [-0.1, -0.05) is 18.2 Å². The van der Waals surface area contributed by atoms with Crippen molar-refractivity contribution in [1.29, 1.82) is 0 Å². The van der Waals surface area contributed by atoms with Crippen LogP contribution in [0.5, 0.6) is 0 Å². The number of rotatable bonds is 6. The highest BCUT2D eigenvalue weighted by Gasteiger charge is 2.18. The Morgan fingerprint density at radius 2 is 1.94 bits per heavy atom. The number of halogens is 1. The second-order valence-corrected chi connectivity index (χ2v) is 8.15. The lowest BCUT2D eigenvalue weighted by molar-refractivity contribution is 0.330. The number of nitrogens with one attached hydrogen (secondary N) is 2. The molecule has 0 saturated carbocycles. The Bertz CT molecular complexity index is 1510. The van der Waals surface area contributed by atoms with E-state index in [1.54, 1.807) is 12.3 Å². The van der Waals surface area contributed by atoms with Gasteiger partial charge in [0.05, 0.1) is 27.6 Å². The monoisotopic (exact) mass is 442 g/mol. The standard InChI is InChI=1S/C25H23FN6O/c1-32(12-10-16-5-2-3-11-28-16)14-15-8-9-18-20(13-15)30-24(29-18)22-23(27)21-17(26)6-4-7-19(21)31-25(22)33/h2-9,11,13H,10,12,14H2,1H3,(H,29,30)(H3,27,31,33). The van der Waals surface area contributed by atoms with E-state index >= 15 is 0 Å². The van der Waals surface area contributed by atoms with Gasteiger partial charge in [0, 0.05) is 31.4 Å². The largest absolute Gasteiger partial charge is 0.397 e. The number of nitrogens with zero attached hydrogens (tertiary/aromatic N) is 3. The molecule has 0 saturated heterocycles. The van der Waals surface area contributed by atoms with Crippen molar-refractivity contribution in [2.75, 3.05) is 19.3 Å². The predicted molar refractivity (Wildman–Crippen MR) is 128 cm³/mol. The number of benzene rings is 2. The third-order valence-corrected chi connectivity index (χ3v) is 5.74. The Labute approximate surface area is 189 Å². The van der Waals surface area contributed by atoms with Gasteiger partial charge in [0.1, 0.15) is 17.2 Å². The van der Waals surface area contributed by atoms with Crippen LogP contribution in [0, 0.1) is 5.82 Å². The van der Waals surface area contributed by atoms with Crippen LogP contribution in [0.4, 0.5) is 10.1 Å². The maximum Gasteiger partial charge on any atom is 0.261 e. The molecule has 3 heterocycles. The molecule has 2 aromatic carbocycles. The van der Waals surface area contributed by atoms with E-state index in [0.717, 1.165) is 36.3 Å². The first-order valence-corrected chi connectivity index (χ1v) is 10.7. The van der Waals surface area contributed by atoms with Crippen molar-refractivity contribution >= 4 is 27.6 Å². The van der Waals surface area contributed by atoms with Crippen LogP contribution < -0.4 is 11.3 Å². The minimum absolute atomic E-state index is 0.0698. The van der Waals surface area contributed by atoms with Crippen molar-refractivity contribution in [1.82, 2.24) is 24.8 Å². The van der Waals surface area contributed by atoms with Gasteiger partial charge in [-0.15, -0.1) is 0 Å². The molecular formula is C25H23FN6O. The van der Waals surface area contributed by atoms with Crippen molar-refractivity contribution in [3.63, 3.8) is 0 Å². The van der Waals surface area contributed by atoms with Crippen LogP contribution in [0.2, 0.25) is 0 Å². The molecule has 166 valence electrons. The second kappa shape index (κ2) is 8.48. The Balaban J connectivity index is 1.42. The lowest BCUT2D eigenvalue weighted by atomic mass is 10.1. The van der Waals surface area contributed by atoms with E-state index in [1.807, 2.05) is 36.4 Å². The van der Waals surface area contributed by atoms with Gasteiger partial charge in [0.15, 0.2) is 0 Å². The maximum absolute atomic E-state index is 14.4. The number of hydrogen-bond donors (Lipinski definition) is 3. The molecule has 0 aliphatic carbocycles. The molecule has 0 fully saturated rings. The first-order valence-electron chi connectivity index (χ1n) is 10.7. The van der Waals surface area contributed by atoms with Gasteiger partial charge in [-0.25, -0.2) is 9.37 Å². The number of nitrogen functional groups attached to an aromatic ring is 1. The first-order chi connectivity index (χ1) is 16.0. The maximum atomic E-state index is 14.4. The number of anilines is 1. The van der Waals surface area contributed by atoms with Crippen LogP contribution in [-0.2, 0) is 13.0 Å². The zero-order valence-corrected chi connectivity index (χ0v) is 18.1. The van der Waals surface area contributed by atoms with E-state index in [4.69, 9.17) is 5.73 Å². The molecule has 0 aliphatic heterocycles. The molecule has 0 aliphatic rings.